The van der Waals surface area contributed by atoms with Crippen molar-refractivity contribution in [3.8, 4) is 11.8 Å². The SMILES string of the molecule is COC(=O)c1ccc(NC2CCN(C(=O)OC(C)(C)C)CC2)cc1C#CCN1C(=O)c2ccccc2C1=O. The molecular formula is C29H31N3O6. The Bertz CT molecular complexity index is 1290. The highest BCUT2D eigenvalue weighted by molar-refractivity contribution is 6.21. The van der Waals surface area contributed by atoms with Crippen molar-refractivity contribution in [1.29, 1.82) is 0 Å². The van der Waals surface area contributed by atoms with Crippen LogP contribution in [0.3, 0.4) is 0 Å². The number of esters is 1. The van der Waals surface area contributed by atoms with Gasteiger partial charge >= 0.3 is 12.1 Å². The fourth-order valence-corrected chi connectivity index (χ4v) is 4.39. The zero-order valence-electron chi connectivity index (χ0n) is 22.0. The molecule has 1 N–H and O–H groups in total. The second kappa shape index (κ2) is 11.0. The van der Waals surface area contributed by atoms with Crippen LogP contribution in [-0.2, 0) is 9.47 Å². The molecule has 3 amide bonds. The molecule has 0 bridgehead atoms. The van der Waals surface area contributed by atoms with Crippen LogP contribution < -0.4 is 5.32 Å². The number of anilines is 1. The molecule has 1 saturated heterocycles. The van der Waals surface area contributed by atoms with E-state index in [-0.39, 0.29) is 36.1 Å². The molecule has 0 spiro atoms. The number of methoxy groups -OCH3 is 1. The van der Waals surface area contributed by atoms with E-state index in [9.17, 15) is 19.2 Å². The van der Waals surface area contributed by atoms with E-state index in [4.69, 9.17) is 9.47 Å². The van der Waals surface area contributed by atoms with Gasteiger partial charge in [-0.05, 0) is 63.9 Å². The van der Waals surface area contributed by atoms with Crippen molar-refractivity contribution in [3.05, 3.63) is 64.7 Å². The first-order valence-corrected chi connectivity index (χ1v) is 12.5. The maximum Gasteiger partial charge on any atom is 0.410 e. The second-order valence-electron chi connectivity index (χ2n) is 10.2. The van der Waals surface area contributed by atoms with E-state index >= 15 is 0 Å². The Balaban J connectivity index is 1.44. The summed E-state index contributed by atoms with van der Waals surface area (Å²) in [5.41, 5.74) is 1.65. The van der Waals surface area contributed by atoms with E-state index < -0.39 is 11.6 Å². The molecule has 2 aromatic rings. The minimum Gasteiger partial charge on any atom is -0.465 e. The van der Waals surface area contributed by atoms with Crippen LogP contribution in [0.15, 0.2) is 42.5 Å². The Kier molecular flexibility index (Phi) is 7.72. The average molecular weight is 518 g/mol. The van der Waals surface area contributed by atoms with Crippen LogP contribution in [0.5, 0.6) is 0 Å². The van der Waals surface area contributed by atoms with E-state index in [1.165, 1.54) is 7.11 Å². The molecule has 0 unspecified atom stereocenters. The Morgan fingerprint density at radius 3 is 2.24 bits per heavy atom. The zero-order chi connectivity index (χ0) is 27.4. The number of amides is 3. The third-order valence-corrected chi connectivity index (χ3v) is 6.28. The molecule has 2 aliphatic heterocycles. The number of carbonyl (C=O) groups excluding carboxylic acids is 4. The standard InChI is InChI=1S/C29H31N3O6/c1-29(2,3)38-28(36)31-16-13-20(14-17-31)30-21-11-12-22(27(35)37-4)19(18-21)8-7-15-32-25(33)23-9-5-6-10-24(23)26(32)34/h5-6,9-12,18,20,30H,13-17H2,1-4H3. The first-order valence-electron chi connectivity index (χ1n) is 12.5. The third-order valence-electron chi connectivity index (χ3n) is 6.28. The number of likely N-dealkylation sites (tertiary alicyclic amines) is 1. The maximum atomic E-state index is 12.6. The predicted octanol–water partition coefficient (Wildman–Crippen LogP) is 3.93. The van der Waals surface area contributed by atoms with Gasteiger partial charge in [-0.3, -0.25) is 14.5 Å². The van der Waals surface area contributed by atoms with Gasteiger partial charge in [-0.15, -0.1) is 0 Å². The van der Waals surface area contributed by atoms with Crippen LogP contribution in [-0.4, -0.2) is 72.1 Å². The molecule has 9 heteroatoms. The summed E-state index contributed by atoms with van der Waals surface area (Å²) in [6.07, 6.45) is 1.16. The first kappa shape index (κ1) is 26.7. The summed E-state index contributed by atoms with van der Waals surface area (Å²) in [7, 11) is 1.29. The maximum absolute atomic E-state index is 12.6. The number of nitrogens with one attached hydrogen (secondary N) is 1. The number of rotatable bonds is 4. The van der Waals surface area contributed by atoms with E-state index in [1.807, 2.05) is 20.8 Å². The number of piperidine rings is 1. The van der Waals surface area contributed by atoms with Crippen molar-refractivity contribution in [3.63, 3.8) is 0 Å². The first-order chi connectivity index (χ1) is 18.1. The van der Waals surface area contributed by atoms with E-state index in [1.54, 1.807) is 47.4 Å². The normalized spacial score (nSPS) is 15.5. The quantitative estimate of drug-likeness (QED) is 0.372. The monoisotopic (exact) mass is 517 g/mol. The molecule has 38 heavy (non-hydrogen) atoms. The third kappa shape index (κ3) is 5.97. The highest BCUT2D eigenvalue weighted by Crippen LogP contribution is 2.23. The van der Waals surface area contributed by atoms with Crippen LogP contribution in [0, 0.1) is 11.8 Å². The number of imide groups is 1. The van der Waals surface area contributed by atoms with E-state index in [0.717, 1.165) is 23.4 Å². The lowest BCUT2D eigenvalue weighted by Gasteiger charge is -2.34. The minimum absolute atomic E-state index is 0.103. The molecule has 2 heterocycles. The average Bonchev–Trinajstić information content (AvgIpc) is 3.13. The summed E-state index contributed by atoms with van der Waals surface area (Å²) in [4.78, 5) is 52.7. The van der Waals surface area contributed by atoms with Crippen molar-refractivity contribution in [2.75, 3.05) is 32.1 Å². The zero-order valence-corrected chi connectivity index (χ0v) is 22.0. The Morgan fingerprint density at radius 1 is 1.03 bits per heavy atom. The molecule has 0 radical (unpaired) electrons. The Labute approximate surface area is 222 Å². The van der Waals surface area contributed by atoms with Gasteiger partial charge in [0.15, 0.2) is 0 Å². The van der Waals surface area contributed by atoms with Gasteiger partial charge in [0.2, 0.25) is 0 Å². The molecule has 1 fully saturated rings. The molecule has 9 nitrogen and oxygen atoms in total. The van der Waals surface area contributed by atoms with Crippen molar-refractivity contribution >= 4 is 29.6 Å². The van der Waals surface area contributed by atoms with Gasteiger partial charge < -0.3 is 19.7 Å². The molecule has 0 aliphatic carbocycles. The van der Waals surface area contributed by atoms with Gasteiger partial charge in [-0.25, -0.2) is 9.59 Å². The lowest BCUT2D eigenvalue weighted by molar-refractivity contribution is 0.0210. The smallest absolute Gasteiger partial charge is 0.410 e. The molecular weight excluding hydrogens is 486 g/mol. The van der Waals surface area contributed by atoms with Crippen LogP contribution in [0.2, 0.25) is 0 Å². The number of nitrogens with zero attached hydrogens (tertiary/aromatic N) is 2. The van der Waals surface area contributed by atoms with Gasteiger partial charge in [0.05, 0.1) is 30.3 Å². The number of benzene rings is 2. The molecule has 0 atom stereocenters. The molecule has 0 saturated carbocycles. The predicted molar refractivity (Wildman–Crippen MR) is 141 cm³/mol. The number of carbonyl (C=O) groups is 4. The van der Waals surface area contributed by atoms with E-state index in [0.29, 0.717) is 29.8 Å². The Morgan fingerprint density at radius 2 is 1.66 bits per heavy atom. The lowest BCUT2D eigenvalue weighted by atomic mass is 10.0. The minimum atomic E-state index is -0.537. The van der Waals surface area contributed by atoms with Crippen LogP contribution >= 0.6 is 0 Å². The van der Waals surface area contributed by atoms with Crippen molar-refractivity contribution in [1.82, 2.24) is 9.80 Å². The Hall–Kier alpha value is -4.32. The van der Waals surface area contributed by atoms with Crippen LogP contribution in [0.1, 0.15) is 70.3 Å². The summed E-state index contributed by atoms with van der Waals surface area (Å²) >= 11 is 0. The molecule has 198 valence electrons. The van der Waals surface area contributed by atoms with Crippen LogP contribution in [0.4, 0.5) is 10.5 Å². The van der Waals surface area contributed by atoms with Crippen molar-refractivity contribution in [2.45, 2.75) is 45.3 Å². The summed E-state index contributed by atoms with van der Waals surface area (Å²) < 4.78 is 10.4. The van der Waals surface area contributed by atoms with Gasteiger partial charge in [-0.1, -0.05) is 24.0 Å². The molecule has 2 aromatic carbocycles. The van der Waals surface area contributed by atoms with E-state index in [2.05, 4.69) is 17.2 Å². The van der Waals surface area contributed by atoms with Gasteiger partial charge in [0, 0.05) is 30.4 Å². The lowest BCUT2D eigenvalue weighted by Crippen LogP contribution is -2.44. The fourth-order valence-electron chi connectivity index (χ4n) is 4.39. The number of hydrogen-bond acceptors (Lipinski definition) is 7. The number of fused-ring (bicyclic) bond motifs is 1. The summed E-state index contributed by atoms with van der Waals surface area (Å²) in [5.74, 6) is 4.49. The number of hydrogen-bond donors (Lipinski definition) is 1. The molecule has 0 aromatic heterocycles. The highest BCUT2D eigenvalue weighted by Gasteiger charge is 2.34. The van der Waals surface area contributed by atoms with Gasteiger partial charge in [0.1, 0.15) is 5.60 Å². The van der Waals surface area contributed by atoms with Crippen molar-refractivity contribution in [2.24, 2.45) is 0 Å². The number of ether oxygens (including phenoxy) is 2. The highest BCUT2D eigenvalue weighted by atomic mass is 16.6. The summed E-state index contributed by atoms with van der Waals surface area (Å²) in [5, 5.41) is 3.45. The van der Waals surface area contributed by atoms with Crippen molar-refractivity contribution < 1.29 is 28.7 Å². The fraction of sp³-hybridized carbons (Fsp3) is 0.379. The molecule has 2 aliphatic rings. The summed E-state index contributed by atoms with van der Waals surface area (Å²) in [6, 6.07) is 11.9. The summed E-state index contributed by atoms with van der Waals surface area (Å²) in [6.45, 7) is 6.57. The topological polar surface area (TPSA) is 105 Å². The second-order valence-corrected chi connectivity index (χ2v) is 10.2. The largest absolute Gasteiger partial charge is 0.465 e. The van der Waals surface area contributed by atoms with Crippen LogP contribution in [0.25, 0.3) is 0 Å². The van der Waals surface area contributed by atoms with Gasteiger partial charge in [0.25, 0.3) is 11.8 Å². The van der Waals surface area contributed by atoms with Gasteiger partial charge in [-0.2, -0.15) is 0 Å². The molecule has 4 rings (SSSR count).